The van der Waals surface area contributed by atoms with Crippen LogP contribution in [0.4, 0.5) is 0 Å². The van der Waals surface area contributed by atoms with Crippen molar-refractivity contribution in [3.8, 4) is 5.75 Å². The van der Waals surface area contributed by atoms with Gasteiger partial charge in [-0.2, -0.15) is 0 Å². The predicted molar refractivity (Wildman–Crippen MR) is 67.4 cm³/mol. The average Bonchev–Trinajstić information content (AvgIpc) is 2.85. The number of furan rings is 1. The number of piperidine rings is 1. The van der Waals surface area contributed by atoms with Crippen LogP contribution in [0.1, 0.15) is 19.3 Å². The normalized spacial score (nSPS) is 20.6. The van der Waals surface area contributed by atoms with E-state index < -0.39 is 0 Å². The summed E-state index contributed by atoms with van der Waals surface area (Å²) in [5.41, 5.74) is 0.888. The standard InChI is InChI=1S/C14H17NO2/c1-2-7-15-12(3-1)10-17-13-5-4-11-6-8-16-14(11)9-13/h4-6,8-9,12,15H,1-3,7,10H2. The number of nitrogens with one attached hydrogen (secondary N) is 1. The van der Waals surface area contributed by atoms with Crippen LogP contribution in [0.25, 0.3) is 11.0 Å². The summed E-state index contributed by atoms with van der Waals surface area (Å²) in [6, 6.07) is 8.44. The lowest BCUT2D eigenvalue weighted by atomic mass is 10.1. The zero-order chi connectivity index (χ0) is 11.5. The summed E-state index contributed by atoms with van der Waals surface area (Å²) in [4.78, 5) is 0. The fourth-order valence-electron chi connectivity index (χ4n) is 2.29. The van der Waals surface area contributed by atoms with Gasteiger partial charge in [0.15, 0.2) is 0 Å². The lowest BCUT2D eigenvalue weighted by Crippen LogP contribution is -2.38. The van der Waals surface area contributed by atoms with Crippen LogP contribution >= 0.6 is 0 Å². The maximum Gasteiger partial charge on any atom is 0.137 e. The van der Waals surface area contributed by atoms with E-state index in [4.69, 9.17) is 9.15 Å². The molecular weight excluding hydrogens is 214 g/mol. The molecule has 1 aromatic carbocycles. The monoisotopic (exact) mass is 231 g/mol. The van der Waals surface area contributed by atoms with Gasteiger partial charge < -0.3 is 14.5 Å². The van der Waals surface area contributed by atoms with Crippen molar-refractivity contribution in [1.29, 1.82) is 0 Å². The average molecular weight is 231 g/mol. The molecule has 0 amide bonds. The second-order valence-corrected chi connectivity index (χ2v) is 4.58. The van der Waals surface area contributed by atoms with Gasteiger partial charge in [0.05, 0.1) is 6.26 Å². The molecule has 90 valence electrons. The van der Waals surface area contributed by atoms with Crippen molar-refractivity contribution < 1.29 is 9.15 Å². The molecule has 0 saturated carbocycles. The van der Waals surface area contributed by atoms with Gasteiger partial charge in [-0.15, -0.1) is 0 Å². The summed E-state index contributed by atoms with van der Waals surface area (Å²) in [7, 11) is 0. The van der Waals surface area contributed by atoms with Crippen molar-refractivity contribution in [3.63, 3.8) is 0 Å². The van der Waals surface area contributed by atoms with Crippen molar-refractivity contribution in [2.75, 3.05) is 13.2 Å². The van der Waals surface area contributed by atoms with Crippen molar-refractivity contribution in [3.05, 3.63) is 30.5 Å². The maximum atomic E-state index is 5.80. The minimum Gasteiger partial charge on any atom is -0.492 e. The first kappa shape index (κ1) is 10.7. The van der Waals surface area contributed by atoms with Gasteiger partial charge in [0.1, 0.15) is 17.9 Å². The van der Waals surface area contributed by atoms with Gasteiger partial charge in [0.25, 0.3) is 0 Å². The molecule has 1 fully saturated rings. The quantitative estimate of drug-likeness (QED) is 0.882. The van der Waals surface area contributed by atoms with Crippen LogP contribution in [0.2, 0.25) is 0 Å². The Hall–Kier alpha value is -1.48. The Labute approximate surface area is 101 Å². The molecule has 3 nitrogen and oxygen atoms in total. The number of fused-ring (bicyclic) bond motifs is 1. The zero-order valence-corrected chi connectivity index (χ0v) is 9.82. The van der Waals surface area contributed by atoms with E-state index in [-0.39, 0.29) is 0 Å². The molecule has 1 atom stereocenters. The van der Waals surface area contributed by atoms with Crippen LogP contribution in [-0.2, 0) is 0 Å². The highest BCUT2D eigenvalue weighted by atomic mass is 16.5. The number of hydrogen-bond acceptors (Lipinski definition) is 3. The van der Waals surface area contributed by atoms with Crippen LogP contribution in [0.5, 0.6) is 5.75 Å². The maximum absolute atomic E-state index is 5.80. The van der Waals surface area contributed by atoms with E-state index in [9.17, 15) is 0 Å². The Balaban J connectivity index is 1.63. The Bertz CT molecular complexity index is 486. The van der Waals surface area contributed by atoms with E-state index in [0.29, 0.717) is 6.04 Å². The highest BCUT2D eigenvalue weighted by Crippen LogP contribution is 2.22. The van der Waals surface area contributed by atoms with E-state index in [1.54, 1.807) is 6.26 Å². The summed E-state index contributed by atoms with van der Waals surface area (Å²) in [6.45, 7) is 1.86. The number of benzene rings is 1. The molecule has 1 unspecified atom stereocenters. The van der Waals surface area contributed by atoms with Crippen molar-refractivity contribution in [2.45, 2.75) is 25.3 Å². The molecule has 0 radical (unpaired) electrons. The van der Waals surface area contributed by atoms with Crippen molar-refractivity contribution in [1.82, 2.24) is 5.32 Å². The van der Waals surface area contributed by atoms with Crippen LogP contribution in [0, 0.1) is 0 Å². The molecule has 1 aliphatic rings. The van der Waals surface area contributed by atoms with E-state index in [2.05, 4.69) is 5.32 Å². The van der Waals surface area contributed by atoms with Crippen LogP contribution in [0.3, 0.4) is 0 Å². The highest BCUT2D eigenvalue weighted by Gasteiger charge is 2.13. The first-order valence-electron chi connectivity index (χ1n) is 6.25. The first-order chi connectivity index (χ1) is 8.42. The van der Waals surface area contributed by atoms with Gasteiger partial charge in [0, 0.05) is 17.5 Å². The summed E-state index contributed by atoms with van der Waals surface area (Å²) in [5.74, 6) is 0.889. The fraction of sp³-hybridized carbons (Fsp3) is 0.429. The van der Waals surface area contributed by atoms with Gasteiger partial charge in [-0.05, 0) is 37.6 Å². The third kappa shape index (κ3) is 2.44. The number of ether oxygens (including phenoxy) is 1. The SMILES string of the molecule is c1cc2ccc(OCC3CCCCN3)cc2o1. The molecular formula is C14H17NO2. The summed E-state index contributed by atoms with van der Waals surface area (Å²) in [5, 5.41) is 4.59. The van der Waals surface area contributed by atoms with Gasteiger partial charge >= 0.3 is 0 Å². The molecule has 1 saturated heterocycles. The topological polar surface area (TPSA) is 34.4 Å². The molecule has 1 aliphatic heterocycles. The Morgan fingerprint density at radius 1 is 1.29 bits per heavy atom. The van der Waals surface area contributed by atoms with E-state index in [0.717, 1.165) is 29.9 Å². The molecule has 3 rings (SSSR count). The summed E-state index contributed by atoms with van der Waals surface area (Å²) in [6.07, 6.45) is 5.51. The van der Waals surface area contributed by atoms with Crippen LogP contribution in [0.15, 0.2) is 34.9 Å². The molecule has 1 N–H and O–H groups in total. The van der Waals surface area contributed by atoms with E-state index in [1.807, 2.05) is 24.3 Å². The third-order valence-electron chi connectivity index (χ3n) is 3.29. The van der Waals surface area contributed by atoms with Gasteiger partial charge in [-0.25, -0.2) is 0 Å². The highest BCUT2D eigenvalue weighted by molar-refractivity contribution is 5.78. The Morgan fingerprint density at radius 3 is 3.18 bits per heavy atom. The molecule has 2 aromatic rings. The van der Waals surface area contributed by atoms with Crippen molar-refractivity contribution >= 4 is 11.0 Å². The lowest BCUT2D eigenvalue weighted by molar-refractivity contribution is 0.239. The van der Waals surface area contributed by atoms with Gasteiger partial charge in [-0.3, -0.25) is 0 Å². The summed E-state index contributed by atoms with van der Waals surface area (Å²) >= 11 is 0. The third-order valence-corrected chi connectivity index (χ3v) is 3.29. The fourth-order valence-corrected chi connectivity index (χ4v) is 2.29. The molecule has 1 aromatic heterocycles. The number of hydrogen-bond donors (Lipinski definition) is 1. The van der Waals surface area contributed by atoms with Gasteiger partial charge in [-0.1, -0.05) is 6.42 Å². The molecule has 0 aliphatic carbocycles. The molecule has 2 heterocycles. The molecule has 0 spiro atoms. The smallest absolute Gasteiger partial charge is 0.137 e. The molecule has 17 heavy (non-hydrogen) atoms. The lowest BCUT2D eigenvalue weighted by Gasteiger charge is -2.23. The van der Waals surface area contributed by atoms with E-state index >= 15 is 0 Å². The molecule has 0 bridgehead atoms. The van der Waals surface area contributed by atoms with Crippen molar-refractivity contribution in [2.24, 2.45) is 0 Å². The van der Waals surface area contributed by atoms with Crippen LogP contribution in [-0.4, -0.2) is 19.2 Å². The predicted octanol–water partition coefficient (Wildman–Crippen LogP) is 2.95. The summed E-state index contributed by atoms with van der Waals surface area (Å²) < 4.78 is 11.2. The Morgan fingerprint density at radius 2 is 2.29 bits per heavy atom. The second kappa shape index (κ2) is 4.80. The Kier molecular flexibility index (Phi) is 3.01. The second-order valence-electron chi connectivity index (χ2n) is 4.58. The minimum atomic E-state index is 0.496. The van der Waals surface area contributed by atoms with E-state index in [1.165, 1.54) is 19.3 Å². The minimum absolute atomic E-state index is 0.496. The zero-order valence-electron chi connectivity index (χ0n) is 9.82. The molecule has 3 heteroatoms. The first-order valence-corrected chi connectivity index (χ1v) is 6.25. The largest absolute Gasteiger partial charge is 0.492 e. The van der Waals surface area contributed by atoms with Gasteiger partial charge in [0.2, 0.25) is 0 Å². The number of rotatable bonds is 3. The van der Waals surface area contributed by atoms with Crippen LogP contribution < -0.4 is 10.1 Å².